The number of nitrogens with zero attached hydrogens (tertiary/aromatic N) is 4. The van der Waals surface area contributed by atoms with E-state index in [1.165, 1.54) is 21.2 Å². The van der Waals surface area contributed by atoms with Crippen LogP contribution in [0.15, 0.2) is 14.7 Å². The van der Waals surface area contributed by atoms with Crippen molar-refractivity contribution in [3.05, 3.63) is 26.7 Å². The molecule has 32 heavy (non-hydrogen) atoms. The first kappa shape index (κ1) is 24.1. The van der Waals surface area contributed by atoms with Gasteiger partial charge >= 0.3 is 5.69 Å². The lowest BCUT2D eigenvalue weighted by atomic mass is 9.96. The Kier molecular flexibility index (Phi) is 7.47. The van der Waals surface area contributed by atoms with Gasteiger partial charge in [-0.1, -0.05) is 58.7 Å². The topological polar surface area (TPSA) is 143 Å². The number of hydrogen-bond donors (Lipinski definition) is 3. The minimum absolute atomic E-state index is 0.0466. The fourth-order valence-electron chi connectivity index (χ4n) is 3.86. The third-order valence-electron chi connectivity index (χ3n) is 5.65. The van der Waals surface area contributed by atoms with E-state index < -0.39 is 11.2 Å². The van der Waals surface area contributed by atoms with Crippen LogP contribution in [0.4, 0.5) is 11.5 Å². The van der Waals surface area contributed by atoms with E-state index in [0.717, 1.165) is 44.3 Å². The first-order valence-electron chi connectivity index (χ1n) is 11.1. The Hall–Kier alpha value is -2.56. The van der Waals surface area contributed by atoms with Crippen LogP contribution in [0.1, 0.15) is 72.0 Å². The van der Waals surface area contributed by atoms with E-state index >= 15 is 0 Å². The molecule has 0 spiro atoms. The number of nitrogens with two attached hydrogens (primary N) is 1. The van der Waals surface area contributed by atoms with Crippen molar-refractivity contribution in [3.8, 4) is 0 Å². The van der Waals surface area contributed by atoms with Gasteiger partial charge in [0.2, 0.25) is 11.1 Å². The van der Waals surface area contributed by atoms with Crippen LogP contribution in [-0.2, 0) is 16.8 Å². The first-order chi connectivity index (χ1) is 15.1. The molecule has 2 heterocycles. The van der Waals surface area contributed by atoms with E-state index in [9.17, 15) is 14.4 Å². The SMILES string of the molecule is CCCCn1c(N)c(N(C(=O)CSc2n[nH]c(C(C)(C)C)n2)C2CCCC2)c(=O)[nH]c1=O. The summed E-state index contributed by atoms with van der Waals surface area (Å²) >= 11 is 1.21. The minimum atomic E-state index is -0.626. The fraction of sp³-hybridized carbons (Fsp3) is 0.667. The van der Waals surface area contributed by atoms with Gasteiger partial charge in [0.15, 0.2) is 5.69 Å². The zero-order chi connectivity index (χ0) is 23.5. The van der Waals surface area contributed by atoms with E-state index in [-0.39, 0.29) is 34.6 Å². The first-order valence-corrected chi connectivity index (χ1v) is 12.1. The Morgan fingerprint density at radius 3 is 2.56 bits per heavy atom. The van der Waals surface area contributed by atoms with E-state index in [1.807, 2.05) is 27.7 Å². The van der Waals surface area contributed by atoms with Crippen molar-refractivity contribution >= 4 is 29.2 Å². The van der Waals surface area contributed by atoms with Crippen LogP contribution < -0.4 is 21.9 Å². The van der Waals surface area contributed by atoms with Crippen LogP contribution in [0.25, 0.3) is 0 Å². The van der Waals surface area contributed by atoms with Crippen LogP contribution >= 0.6 is 11.8 Å². The van der Waals surface area contributed by atoms with Crippen LogP contribution in [-0.4, -0.2) is 42.4 Å². The number of H-pyrrole nitrogens is 2. The van der Waals surface area contributed by atoms with Gasteiger partial charge in [0.05, 0.1) is 5.75 Å². The molecule has 0 atom stereocenters. The number of unbranched alkanes of at least 4 members (excludes halogenated alkanes) is 1. The van der Waals surface area contributed by atoms with E-state index in [0.29, 0.717) is 11.7 Å². The molecule has 1 aliphatic carbocycles. The second-order valence-electron chi connectivity index (χ2n) is 9.21. The molecular formula is C21H33N7O3S. The number of rotatable bonds is 8. The molecule has 0 aromatic carbocycles. The number of carbonyl (C=O) groups excluding carboxylic acids is 1. The number of nitrogens with one attached hydrogen (secondary N) is 2. The second kappa shape index (κ2) is 9.93. The van der Waals surface area contributed by atoms with Crippen molar-refractivity contribution in [2.24, 2.45) is 0 Å². The molecule has 2 aromatic rings. The summed E-state index contributed by atoms with van der Waals surface area (Å²) in [5.41, 5.74) is 5.02. The molecule has 0 unspecified atom stereocenters. The molecule has 10 nitrogen and oxygen atoms in total. The summed E-state index contributed by atoms with van der Waals surface area (Å²) < 4.78 is 1.35. The van der Waals surface area contributed by atoms with Gasteiger partial charge in [-0.05, 0) is 19.3 Å². The molecule has 1 saturated carbocycles. The lowest BCUT2D eigenvalue weighted by Gasteiger charge is -2.29. The highest BCUT2D eigenvalue weighted by Gasteiger charge is 2.32. The Morgan fingerprint density at radius 2 is 1.97 bits per heavy atom. The Morgan fingerprint density at radius 1 is 1.28 bits per heavy atom. The van der Waals surface area contributed by atoms with Gasteiger partial charge in [0, 0.05) is 18.0 Å². The fourth-order valence-corrected chi connectivity index (χ4v) is 4.52. The van der Waals surface area contributed by atoms with Crippen molar-refractivity contribution in [2.45, 2.75) is 89.4 Å². The van der Waals surface area contributed by atoms with Gasteiger partial charge in [-0.3, -0.25) is 24.2 Å². The summed E-state index contributed by atoms with van der Waals surface area (Å²) in [4.78, 5) is 46.8. The van der Waals surface area contributed by atoms with E-state index in [2.05, 4.69) is 20.2 Å². The number of anilines is 2. The number of aromatic amines is 2. The van der Waals surface area contributed by atoms with E-state index in [4.69, 9.17) is 5.73 Å². The van der Waals surface area contributed by atoms with Crippen molar-refractivity contribution in [2.75, 3.05) is 16.4 Å². The largest absolute Gasteiger partial charge is 0.383 e. The van der Waals surface area contributed by atoms with Gasteiger partial charge < -0.3 is 10.6 Å². The number of aromatic nitrogens is 5. The standard InChI is InChI=1S/C21H33N7O3S/c1-5-6-11-27-16(22)15(17(30)23-20(27)31)28(13-9-7-8-10-13)14(29)12-32-19-24-18(25-26-19)21(2,3)4/h13H,5-12,22H2,1-4H3,(H,23,30,31)(H,24,25,26). The van der Waals surface area contributed by atoms with Crippen LogP contribution in [0, 0.1) is 0 Å². The third-order valence-corrected chi connectivity index (χ3v) is 6.48. The summed E-state index contributed by atoms with van der Waals surface area (Å²) in [6.07, 6.45) is 5.14. The van der Waals surface area contributed by atoms with E-state index in [1.54, 1.807) is 0 Å². The molecule has 0 radical (unpaired) electrons. The summed E-state index contributed by atoms with van der Waals surface area (Å²) in [6, 6.07) is -0.124. The molecule has 0 bridgehead atoms. The monoisotopic (exact) mass is 463 g/mol. The quantitative estimate of drug-likeness (QED) is 0.510. The van der Waals surface area contributed by atoms with Crippen molar-refractivity contribution in [3.63, 3.8) is 0 Å². The number of hydrogen-bond acceptors (Lipinski definition) is 7. The van der Waals surface area contributed by atoms with Crippen molar-refractivity contribution < 1.29 is 4.79 Å². The molecule has 3 rings (SSSR count). The lowest BCUT2D eigenvalue weighted by molar-refractivity contribution is -0.116. The summed E-state index contributed by atoms with van der Waals surface area (Å²) in [5, 5.41) is 7.59. The van der Waals surface area contributed by atoms with Gasteiger partial charge in [0.25, 0.3) is 5.56 Å². The average Bonchev–Trinajstić information content (AvgIpc) is 3.40. The summed E-state index contributed by atoms with van der Waals surface area (Å²) in [7, 11) is 0. The average molecular weight is 464 g/mol. The Labute approximate surface area is 191 Å². The maximum absolute atomic E-state index is 13.4. The summed E-state index contributed by atoms with van der Waals surface area (Å²) in [5.74, 6) is 0.598. The highest BCUT2D eigenvalue weighted by molar-refractivity contribution is 7.99. The molecule has 2 aromatic heterocycles. The molecule has 11 heteroatoms. The number of nitrogen functional groups attached to an aromatic ring is 1. The maximum Gasteiger partial charge on any atom is 0.330 e. The highest BCUT2D eigenvalue weighted by atomic mass is 32.2. The predicted octanol–water partition coefficient (Wildman–Crippen LogP) is 2.40. The minimum Gasteiger partial charge on any atom is -0.383 e. The van der Waals surface area contributed by atoms with Crippen LogP contribution in [0.2, 0.25) is 0 Å². The molecule has 0 aliphatic heterocycles. The molecular weight excluding hydrogens is 430 g/mol. The number of carbonyl (C=O) groups is 1. The molecule has 1 fully saturated rings. The molecule has 4 N–H and O–H groups in total. The highest BCUT2D eigenvalue weighted by Crippen LogP contribution is 2.30. The Balaban J connectivity index is 1.90. The summed E-state index contributed by atoms with van der Waals surface area (Å²) in [6.45, 7) is 8.47. The predicted molar refractivity (Wildman–Crippen MR) is 126 cm³/mol. The van der Waals surface area contributed by atoms with Gasteiger partial charge in [-0.2, -0.15) is 0 Å². The normalized spacial score (nSPS) is 14.8. The third kappa shape index (κ3) is 5.25. The van der Waals surface area contributed by atoms with Gasteiger partial charge in [-0.15, -0.1) is 5.10 Å². The smallest absolute Gasteiger partial charge is 0.330 e. The van der Waals surface area contributed by atoms with Crippen LogP contribution in [0.5, 0.6) is 0 Å². The maximum atomic E-state index is 13.4. The van der Waals surface area contributed by atoms with Crippen molar-refractivity contribution in [1.82, 2.24) is 24.7 Å². The van der Waals surface area contributed by atoms with Crippen LogP contribution in [0.3, 0.4) is 0 Å². The lowest BCUT2D eigenvalue weighted by Crippen LogP contribution is -2.46. The molecule has 1 aliphatic rings. The zero-order valence-electron chi connectivity index (χ0n) is 19.2. The van der Waals surface area contributed by atoms with Gasteiger partial charge in [-0.25, -0.2) is 9.78 Å². The molecule has 176 valence electrons. The van der Waals surface area contributed by atoms with Crippen molar-refractivity contribution in [1.29, 1.82) is 0 Å². The Bertz CT molecular complexity index is 1060. The second-order valence-corrected chi connectivity index (χ2v) is 10.1. The number of amides is 1. The zero-order valence-corrected chi connectivity index (χ0v) is 20.0. The molecule has 1 amide bonds. The molecule has 0 saturated heterocycles. The van der Waals surface area contributed by atoms with Gasteiger partial charge in [0.1, 0.15) is 11.6 Å². The number of thioether (sulfide) groups is 1.